The van der Waals surface area contributed by atoms with Crippen molar-refractivity contribution in [3.8, 4) is 0 Å². The van der Waals surface area contributed by atoms with E-state index in [0.717, 1.165) is 55.5 Å². The van der Waals surface area contributed by atoms with Crippen molar-refractivity contribution in [1.82, 2.24) is 10.6 Å². The van der Waals surface area contributed by atoms with Crippen molar-refractivity contribution in [3.63, 3.8) is 0 Å². The Balaban J connectivity index is 1.59. The largest absolute Gasteiger partial charge is 0.379 e. The third-order valence-corrected chi connectivity index (χ3v) is 5.06. The highest BCUT2D eigenvalue weighted by Gasteiger charge is 2.14. The zero-order valence-electron chi connectivity index (χ0n) is 13.6. The molecule has 1 aromatic heterocycles. The molecule has 1 aliphatic heterocycles. The summed E-state index contributed by atoms with van der Waals surface area (Å²) >= 11 is 5.19. The second kappa shape index (κ2) is 11.0. The second-order valence-corrected chi connectivity index (χ2v) is 7.94. The summed E-state index contributed by atoms with van der Waals surface area (Å²) in [5.41, 5.74) is 0. The van der Waals surface area contributed by atoms with Crippen molar-refractivity contribution in [2.24, 2.45) is 4.99 Å². The van der Waals surface area contributed by atoms with E-state index >= 15 is 0 Å². The minimum absolute atomic E-state index is 0.312. The Labute approximate surface area is 151 Å². The third kappa shape index (κ3) is 7.65. The van der Waals surface area contributed by atoms with Gasteiger partial charge in [0.2, 0.25) is 0 Å². The molecular weight excluding hydrogens is 378 g/mol. The average molecular weight is 404 g/mol. The Hall–Kier alpha value is -0.630. The highest BCUT2D eigenvalue weighted by atomic mass is 79.9. The predicted octanol–water partition coefficient (Wildman–Crippen LogP) is 3.15. The van der Waals surface area contributed by atoms with Gasteiger partial charge in [0.15, 0.2) is 5.96 Å². The first-order chi connectivity index (χ1) is 11.3. The zero-order valence-corrected chi connectivity index (χ0v) is 16.0. The highest BCUT2D eigenvalue weighted by molar-refractivity contribution is 9.11. The zero-order chi connectivity index (χ0) is 16.3. The number of nitrogens with one attached hydrogen (secondary N) is 2. The molecule has 1 saturated heterocycles. The van der Waals surface area contributed by atoms with Gasteiger partial charge in [-0.3, -0.25) is 0 Å². The van der Waals surface area contributed by atoms with E-state index < -0.39 is 0 Å². The standard InChI is InChI=1S/C16H26BrN3O2S/c1-2-18-16(20-11-14-6-7-15(17)23-14)19-8-4-9-21-12-13-5-3-10-22-13/h6-7,13H,2-5,8-12H2,1H3,(H2,18,19,20). The first kappa shape index (κ1) is 18.7. The minimum Gasteiger partial charge on any atom is -0.379 e. The minimum atomic E-state index is 0.312. The molecule has 2 rings (SSSR count). The Morgan fingerprint density at radius 2 is 2.39 bits per heavy atom. The topological polar surface area (TPSA) is 54.9 Å². The van der Waals surface area contributed by atoms with Crippen LogP contribution in [0.4, 0.5) is 0 Å². The molecule has 0 amide bonds. The lowest BCUT2D eigenvalue weighted by Gasteiger charge is -2.12. The van der Waals surface area contributed by atoms with Gasteiger partial charge in [-0.1, -0.05) is 0 Å². The SMILES string of the molecule is CCNC(=NCc1ccc(Br)s1)NCCCOCC1CCCO1. The van der Waals surface area contributed by atoms with Gasteiger partial charge in [0, 0.05) is 31.2 Å². The van der Waals surface area contributed by atoms with E-state index in [1.807, 2.05) is 0 Å². The molecule has 2 heterocycles. The van der Waals surface area contributed by atoms with Crippen molar-refractivity contribution in [1.29, 1.82) is 0 Å². The molecular formula is C16H26BrN3O2S. The first-order valence-electron chi connectivity index (χ1n) is 8.23. The van der Waals surface area contributed by atoms with E-state index in [1.54, 1.807) is 11.3 Å². The molecule has 1 atom stereocenters. The van der Waals surface area contributed by atoms with Gasteiger partial charge in [-0.15, -0.1) is 11.3 Å². The number of aliphatic imine (C=N–C) groups is 1. The number of thiophene rings is 1. The number of guanidine groups is 1. The molecule has 5 nitrogen and oxygen atoms in total. The number of hydrogen-bond acceptors (Lipinski definition) is 4. The molecule has 1 aromatic rings. The quantitative estimate of drug-likeness (QED) is 0.377. The summed E-state index contributed by atoms with van der Waals surface area (Å²) in [5, 5.41) is 6.61. The molecule has 130 valence electrons. The highest BCUT2D eigenvalue weighted by Crippen LogP contribution is 2.22. The molecule has 1 aliphatic rings. The van der Waals surface area contributed by atoms with Gasteiger partial charge in [-0.25, -0.2) is 4.99 Å². The van der Waals surface area contributed by atoms with Gasteiger partial charge in [-0.2, -0.15) is 0 Å². The van der Waals surface area contributed by atoms with Crippen LogP contribution in [-0.2, 0) is 16.0 Å². The Kier molecular flexibility index (Phi) is 8.96. The Morgan fingerprint density at radius 1 is 1.48 bits per heavy atom. The van der Waals surface area contributed by atoms with Crippen LogP contribution in [0, 0.1) is 0 Å². The van der Waals surface area contributed by atoms with Crippen molar-refractivity contribution in [3.05, 3.63) is 20.8 Å². The van der Waals surface area contributed by atoms with Gasteiger partial charge >= 0.3 is 0 Å². The van der Waals surface area contributed by atoms with E-state index in [1.165, 1.54) is 11.3 Å². The molecule has 0 aromatic carbocycles. The molecule has 0 aliphatic carbocycles. The van der Waals surface area contributed by atoms with E-state index in [2.05, 4.69) is 50.6 Å². The molecule has 23 heavy (non-hydrogen) atoms. The monoisotopic (exact) mass is 403 g/mol. The van der Waals surface area contributed by atoms with Crippen LogP contribution in [0.5, 0.6) is 0 Å². The molecule has 0 saturated carbocycles. The predicted molar refractivity (Wildman–Crippen MR) is 99.2 cm³/mol. The van der Waals surface area contributed by atoms with Crippen LogP contribution in [0.15, 0.2) is 20.9 Å². The lowest BCUT2D eigenvalue weighted by Crippen LogP contribution is -2.38. The van der Waals surface area contributed by atoms with Crippen molar-refractivity contribution >= 4 is 33.2 Å². The van der Waals surface area contributed by atoms with Crippen LogP contribution < -0.4 is 10.6 Å². The molecule has 0 spiro atoms. The molecule has 1 unspecified atom stereocenters. The third-order valence-electron chi connectivity index (χ3n) is 3.45. The fourth-order valence-corrected chi connectivity index (χ4v) is 3.71. The number of hydrogen-bond donors (Lipinski definition) is 2. The number of ether oxygens (including phenoxy) is 2. The molecule has 0 bridgehead atoms. The Morgan fingerprint density at radius 3 is 3.09 bits per heavy atom. The van der Waals surface area contributed by atoms with Gasteiger partial charge in [-0.05, 0) is 54.2 Å². The first-order valence-corrected chi connectivity index (χ1v) is 9.84. The second-order valence-electron chi connectivity index (χ2n) is 5.39. The summed E-state index contributed by atoms with van der Waals surface area (Å²) in [4.78, 5) is 5.85. The van der Waals surface area contributed by atoms with Crippen LogP contribution >= 0.6 is 27.3 Å². The fourth-order valence-electron chi connectivity index (χ4n) is 2.31. The lowest BCUT2D eigenvalue weighted by atomic mass is 10.2. The van der Waals surface area contributed by atoms with E-state index in [-0.39, 0.29) is 0 Å². The smallest absolute Gasteiger partial charge is 0.191 e. The molecule has 0 radical (unpaired) electrons. The van der Waals surface area contributed by atoms with Crippen molar-refractivity contribution in [2.45, 2.75) is 38.8 Å². The summed E-state index contributed by atoms with van der Waals surface area (Å²) in [6.45, 7) is 6.84. The van der Waals surface area contributed by atoms with Gasteiger partial charge < -0.3 is 20.1 Å². The molecule has 7 heteroatoms. The number of nitrogens with zero attached hydrogens (tertiary/aromatic N) is 1. The van der Waals surface area contributed by atoms with Gasteiger partial charge in [0.25, 0.3) is 0 Å². The number of halogens is 1. The van der Waals surface area contributed by atoms with E-state index in [9.17, 15) is 0 Å². The maximum Gasteiger partial charge on any atom is 0.191 e. The molecule has 1 fully saturated rings. The van der Waals surface area contributed by atoms with E-state index in [0.29, 0.717) is 12.6 Å². The molecule has 2 N–H and O–H groups in total. The summed E-state index contributed by atoms with van der Waals surface area (Å²) in [5.74, 6) is 0.858. The van der Waals surface area contributed by atoms with Crippen LogP contribution in [-0.4, -0.2) is 45.0 Å². The summed E-state index contributed by atoms with van der Waals surface area (Å²) in [7, 11) is 0. The van der Waals surface area contributed by atoms with Crippen molar-refractivity contribution < 1.29 is 9.47 Å². The van der Waals surface area contributed by atoms with Crippen LogP contribution in [0.3, 0.4) is 0 Å². The lowest BCUT2D eigenvalue weighted by molar-refractivity contribution is 0.0168. The average Bonchev–Trinajstić information content (AvgIpc) is 3.19. The maximum atomic E-state index is 5.66. The summed E-state index contributed by atoms with van der Waals surface area (Å²) in [6, 6.07) is 4.15. The van der Waals surface area contributed by atoms with Crippen LogP contribution in [0.2, 0.25) is 0 Å². The maximum absolute atomic E-state index is 5.66. The number of rotatable bonds is 9. The van der Waals surface area contributed by atoms with E-state index in [4.69, 9.17) is 9.47 Å². The normalized spacial score (nSPS) is 18.3. The van der Waals surface area contributed by atoms with Gasteiger partial charge in [0.1, 0.15) is 0 Å². The van der Waals surface area contributed by atoms with Crippen LogP contribution in [0.1, 0.15) is 31.1 Å². The van der Waals surface area contributed by atoms with Crippen molar-refractivity contribution in [2.75, 3.05) is 32.9 Å². The van der Waals surface area contributed by atoms with Crippen LogP contribution in [0.25, 0.3) is 0 Å². The summed E-state index contributed by atoms with van der Waals surface area (Å²) < 4.78 is 12.3. The Bertz CT molecular complexity index is 476. The van der Waals surface area contributed by atoms with Gasteiger partial charge in [0.05, 0.1) is 23.0 Å². The summed E-state index contributed by atoms with van der Waals surface area (Å²) in [6.07, 6.45) is 3.57. The fraction of sp³-hybridized carbons (Fsp3) is 0.688.